The van der Waals surface area contributed by atoms with Crippen LogP contribution in [0.2, 0.25) is 0 Å². The van der Waals surface area contributed by atoms with Crippen LogP contribution in [0.5, 0.6) is 23.0 Å². The van der Waals surface area contributed by atoms with Crippen molar-refractivity contribution in [3.63, 3.8) is 0 Å². The van der Waals surface area contributed by atoms with Crippen LogP contribution in [0.15, 0.2) is 41.4 Å². The Kier molecular flexibility index (Phi) is 10.7. The fourth-order valence-corrected chi connectivity index (χ4v) is 3.74. The van der Waals surface area contributed by atoms with Gasteiger partial charge >= 0.3 is 0 Å². The number of halogens is 1. The van der Waals surface area contributed by atoms with Gasteiger partial charge in [0.15, 0.2) is 17.5 Å². The van der Waals surface area contributed by atoms with Gasteiger partial charge in [0.2, 0.25) is 0 Å². The van der Waals surface area contributed by atoms with Gasteiger partial charge in [-0.2, -0.15) is 0 Å². The van der Waals surface area contributed by atoms with E-state index in [0.717, 1.165) is 47.0 Å². The Hall–Kier alpha value is -2.36. The predicted octanol–water partition coefficient (Wildman–Crippen LogP) is 4.52. The van der Waals surface area contributed by atoms with Crippen LogP contribution in [0, 0.1) is 0 Å². The molecule has 0 bridgehead atoms. The number of hydrogen-bond acceptors (Lipinski definition) is 5. The number of hydrogen-bond donors (Lipinski definition) is 2. The highest BCUT2D eigenvalue weighted by Crippen LogP contribution is 2.34. The molecule has 0 spiro atoms. The standard InChI is InChI=1S/C24H33N3O4.HI/c1-25-24(26-15-17-12-13-20(28-2)14-22(17)30-4)27-16-18-8-7-11-21(29-3)23(18)31-19-9-5-6-10-19;/h7-8,11-14,19H,5-6,9-10,15-16H2,1-4H3,(H2,25,26,27);1H. The Bertz CT molecular complexity index is 886. The van der Waals surface area contributed by atoms with Crippen LogP contribution in [0.4, 0.5) is 0 Å². The van der Waals surface area contributed by atoms with Crippen molar-refractivity contribution in [2.45, 2.75) is 44.9 Å². The lowest BCUT2D eigenvalue weighted by atomic mass is 10.1. The van der Waals surface area contributed by atoms with E-state index in [9.17, 15) is 0 Å². The number of nitrogens with zero attached hydrogens (tertiary/aromatic N) is 1. The van der Waals surface area contributed by atoms with Crippen molar-refractivity contribution in [1.29, 1.82) is 0 Å². The van der Waals surface area contributed by atoms with E-state index in [2.05, 4.69) is 21.7 Å². The number of aliphatic imine (C=N–C) groups is 1. The molecule has 8 heteroatoms. The molecule has 2 aromatic rings. The number of guanidine groups is 1. The van der Waals surface area contributed by atoms with E-state index in [-0.39, 0.29) is 30.1 Å². The van der Waals surface area contributed by atoms with Crippen LogP contribution in [0.1, 0.15) is 36.8 Å². The first-order valence-electron chi connectivity index (χ1n) is 10.7. The third-order valence-corrected chi connectivity index (χ3v) is 5.48. The molecule has 1 saturated carbocycles. The molecule has 0 aliphatic heterocycles. The minimum Gasteiger partial charge on any atom is -0.497 e. The maximum atomic E-state index is 6.32. The first kappa shape index (κ1) is 25.9. The molecule has 0 aromatic heterocycles. The van der Waals surface area contributed by atoms with E-state index in [1.165, 1.54) is 12.8 Å². The average Bonchev–Trinajstić information content (AvgIpc) is 3.33. The molecule has 1 aliphatic rings. The third-order valence-electron chi connectivity index (χ3n) is 5.48. The van der Waals surface area contributed by atoms with Crippen LogP contribution in [0.3, 0.4) is 0 Å². The lowest BCUT2D eigenvalue weighted by Crippen LogP contribution is -2.36. The molecule has 2 aromatic carbocycles. The van der Waals surface area contributed by atoms with Gasteiger partial charge in [0.1, 0.15) is 11.5 Å². The third kappa shape index (κ3) is 6.82. The lowest BCUT2D eigenvalue weighted by molar-refractivity contribution is 0.198. The van der Waals surface area contributed by atoms with E-state index >= 15 is 0 Å². The fourth-order valence-electron chi connectivity index (χ4n) is 3.74. The van der Waals surface area contributed by atoms with Crippen molar-refractivity contribution in [3.8, 4) is 23.0 Å². The molecule has 0 unspecified atom stereocenters. The Morgan fingerprint density at radius 2 is 1.59 bits per heavy atom. The second kappa shape index (κ2) is 13.2. The van der Waals surface area contributed by atoms with Crippen LogP contribution in [-0.2, 0) is 13.1 Å². The molecular weight excluding hydrogens is 521 g/mol. The minimum atomic E-state index is 0. The summed E-state index contributed by atoms with van der Waals surface area (Å²) in [5.74, 6) is 3.79. The van der Waals surface area contributed by atoms with E-state index in [1.54, 1.807) is 28.4 Å². The summed E-state index contributed by atoms with van der Waals surface area (Å²) in [6.45, 7) is 1.13. The van der Waals surface area contributed by atoms with Crippen molar-refractivity contribution in [1.82, 2.24) is 10.6 Å². The van der Waals surface area contributed by atoms with Crippen LogP contribution < -0.4 is 29.6 Å². The highest BCUT2D eigenvalue weighted by atomic mass is 127. The summed E-state index contributed by atoms with van der Waals surface area (Å²) in [5.41, 5.74) is 2.05. The van der Waals surface area contributed by atoms with Crippen molar-refractivity contribution >= 4 is 29.9 Å². The zero-order valence-electron chi connectivity index (χ0n) is 19.3. The largest absolute Gasteiger partial charge is 0.497 e. The molecular formula is C24H34IN3O4. The summed E-state index contributed by atoms with van der Waals surface area (Å²) in [7, 11) is 6.72. The van der Waals surface area contributed by atoms with Crippen molar-refractivity contribution in [2.24, 2.45) is 4.99 Å². The van der Waals surface area contributed by atoms with E-state index in [0.29, 0.717) is 19.0 Å². The van der Waals surface area contributed by atoms with Crippen LogP contribution in [-0.4, -0.2) is 40.4 Å². The normalized spacial score (nSPS) is 13.8. The monoisotopic (exact) mass is 555 g/mol. The SMILES string of the molecule is CN=C(NCc1ccc(OC)cc1OC)NCc1cccc(OC)c1OC1CCCC1.I. The maximum absolute atomic E-state index is 6.32. The Morgan fingerprint density at radius 3 is 2.22 bits per heavy atom. The fraction of sp³-hybridized carbons (Fsp3) is 0.458. The molecule has 0 amide bonds. The molecule has 7 nitrogen and oxygen atoms in total. The molecule has 0 radical (unpaired) electrons. The molecule has 32 heavy (non-hydrogen) atoms. The van der Waals surface area contributed by atoms with E-state index in [4.69, 9.17) is 18.9 Å². The number of para-hydroxylation sites is 1. The first-order chi connectivity index (χ1) is 15.2. The van der Waals surface area contributed by atoms with Gasteiger partial charge in [-0.1, -0.05) is 12.1 Å². The predicted molar refractivity (Wildman–Crippen MR) is 138 cm³/mol. The van der Waals surface area contributed by atoms with Gasteiger partial charge in [-0.05, 0) is 43.9 Å². The van der Waals surface area contributed by atoms with Gasteiger partial charge in [-0.25, -0.2) is 0 Å². The smallest absolute Gasteiger partial charge is 0.191 e. The molecule has 176 valence electrons. The molecule has 3 rings (SSSR count). The number of methoxy groups -OCH3 is 3. The average molecular weight is 555 g/mol. The van der Waals surface area contributed by atoms with Crippen LogP contribution in [0.25, 0.3) is 0 Å². The minimum absolute atomic E-state index is 0. The van der Waals surface area contributed by atoms with Gasteiger partial charge < -0.3 is 29.6 Å². The summed E-state index contributed by atoms with van der Waals surface area (Å²) in [5, 5.41) is 6.71. The van der Waals surface area contributed by atoms with E-state index < -0.39 is 0 Å². The quantitative estimate of drug-likeness (QED) is 0.270. The molecule has 2 N–H and O–H groups in total. The summed E-state index contributed by atoms with van der Waals surface area (Å²) in [4.78, 5) is 4.34. The van der Waals surface area contributed by atoms with Gasteiger partial charge in [0.05, 0.1) is 27.4 Å². The topological polar surface area (TPSA) is 73.3 Å². The van der Waals surface area contributed by atoms with Gasteiger partial charge in [-0.15, -0.1) is 24.0 Å². The number of nitrogens with one attached hydrogen (secondary N) is 2. The first-order valence-corrected chi connectivity index (χ1v) is 10.7. The Balaban J connectivity index is 0.00000363. The second-order valence-corrected chi connectivity index (χ2v) is 7.43. The summed E-state index contributed by atoms with van der Waals surface area (Å²) in [6, 6.07) is 11.7. The highest BCUT2D eigenvalue weighted by Gasteiger charge is 2.20. The van der Waals surface area contributed by atoms with Crippen molar-refractivity contribution in [3.05, 3.63) is 47.5 Å². The summed E-state index contributed by atoms with van der Waals surface area (Å²) < 4.78 is 22.6. The molecule has 1 aliphatic carbocycles. The van der Waals surface area contributed by atoms with Crippen molar-refractivity contribution in [2.75, 3.05) is 28.4 Å². The van der Waals surface area contributed by atoms with Gasteiger partial charge in [0, 0.05) is 37.3 Å². The number of rotatable bonds is 9. The van der Waals surface area contributed by atoms with Crippen molar-refractivity contribution < 1.29 is 18.9 Å². The number of benzene rings is 2. The Labute approximate surface area is 207 Å². The van der Waals surface area contributed by atoms with Crippen LogP contribution >= 0.6 is 24.0 Å². The summed E-state index contributed by atoms with van der Waals surface area (Å²) in [6.07, 6.45) is 4.89. The number of ether oxygens (including phenoxy) is 4. The molecule has 0 atom stereocenters. The molecule has 0 saturated heterocycles. The zero-order chi connectivity index (χ0) is 22.1. The van der Waals surface area contributed by atoms with Gasteiger partial charge in [0.25, 0.3) is 0 Å². The lowest BCUT2D eigenvalue weighted by Gasteiger charge is -2.20. The maximum Gasteiger partial charge on any atom is 0.191 e. The highest BCUT2D eigenvalue weighted by molar-refractivity contribution is 14.0. The Morgan fingerprint density at radius 1 is 0.906 bits per heavy atom. The second-order valence-electron chi connectivity index (χ2n) is 7.43. The molecule has 0 heterocycles. The van der Waals surface area contributed by atoms with Gasteiger partial charge in [-0.3, -0.25) is 4.99 Å². The van der Waals surface area contributed by atoms with E-state index in [1.807, 2.05) is 30.3 Å². The molecule has 1 fully saturated rings. The zero-order valence-corrected chi connectivity index (χ0v) is 21.6. The summed E-state index contributed by atoms with van der Waals surface area (Å²) >= 11 is 0.